The molecule has 0 aromatic heterocycles. The molecule has 0 bridgehead atoms. The third-order valence-corrected chi connectivity index (χ3v) is 7.07. The van der Waals surface area contributed by atoms with Gasteiger partial charge in [-0.05, 0) is 55.7 Å². The van der Waals surface area contributed by atoms with Crippen LogP contribution in [0, 0.1) is 6.92 Å². The van der Waals surface area contributed by atoms with Gasteiger partial charge in [0, 0.05) is 6.04 Å². The summed E-state index contributed by atoms with van der Waals surface area (Å²) in [6, 6.07) is 12.6. The highest BCUT2D eigenvalue weighted by atomic mass is 32.2. The molecule has 1 heterocycles. The number of hydrogen-bond acceptors (Lipinski definition) is 6. The Morgan fingerprint density at radius 2 is 1.81 bits per heavy atom. The number of methoxy groups -OCH3 is 1. The normalized spacial score (nSPS) is 18.3. The summed E-state index contributed by atoms with van der Waals surface area (Å²) in [5.41, 5.74) is 2.31. The number of benzene rings is 2. The van der Waals surface area contributed by atoms with E-state index in [4.69, 9.17) is 21.7 Å². The zero-order chi connectivity index (χ0) is 22.7. The molecule has 2 aliphatic rings. The van der Waals surface area contributed by atoms with Gasteiger partial charge in [-0.1, -0.05) is 67.0 Å². The Hall–Kier alpha value is -2.64. The molecule has 2 fully saturated rings. The predicted molar refractivity (Wildman–Crippen MR) is 131 cm³/mol. The number of hydrogen-bond donors (Lipinski definition) is 0. The molecule has 1 aliphatic carbocycles. The molecule has 1 aliphatic heterocycles. The van der Waals surface area contributed by atoms with Gasteiger partial charge < -0.3 is 9.47 Å². The largest absolute Gasteiger partial charge is 0.493 e. The van der Waals surface area contributed by atoms with Crippen molar-refractivity contribution in [1.82, 2.24) is 4.90 Å². The number of amides is 1. The molecule has 166 valence electrons. The van der Waals surface area contributed by atoms with Crippen molar-refractivity contribution < 1.29 is 19.1 Å². The molecular formula is C25H25NO4S2. The van der Waals surface area contributed by atoms with Crippen LogP contribution in [0.3, 0.4) is 0 Å². The molecule has 2 aromatic carbocycles. The van der Waals surface area contributed by atoms with Crippen molar-refractivity contribution in [1.29, 1.82) is 0 Å². The van der Waals surface area contributed by atoms with Crippen LogP contribution in [0.4, 0.5) is 0 Å². The van der Waals surface area contributed by atoms with Gasteiger partial charge in [0.1, 0.15) is 4.32 Å². The molecule has 0 atom stereocenters. The first-order valence-corrected chi connectivity index (χ1v) is 11.9. The van der Waals surface area contributed by atoms with E-state index in [1.54, 1.807) is 35.2 Å². The van der Waals surface area contributed by atoms with E-state index in [9.17, 15) is 9.59 Å². The molecule has 1 saturated carbocycles. The van der Waals surface area contributed by atoms with Gasteiger partial charge in [0.15, 0.2) is 11.5 Å². The summed E-state index contributed by atoms with van der Waals surface area (Å²) in [6.45, 7) is 1.96. The van der Waals surface area contributed by atoms with Gasteiger partial charge in [-0.15, -0.1) is 0 Å². The highest BCUT2D eigenvalue weighted by Crippen LogP contribution is 2.38. The van der Waals surface area contributed by atoms with Crippen LogP contribution in [-0.2, 0) is 4.79 Å². The van der Waals surface area contributed by atoms with E-state index in [0.29, 0.717) is 26.3 Å². The van der Waals surface area contributed by atoms with Gasteiger partial charge in [0.25, 0.3) is 5.91 Å². The second-order valence-electron chi connectivity index (χ2n) is 8.01. The van der Waals surface area contributed by atoms with E-state index in [1.807, 2.05) is 25.1 Å². The van der Waals surface area contributed by atoms with E-state index in [0.717, 1.165) is 36.8 Å². The maximum atomic E-state index is 13.0. The van der Waals surface area contributed by atoms with Gasteiger partial charge in [0.05, 0.1) is 17.6 Å². The number of esters is 1. The van der Waals surface area contributed by atoms with Crippen LogP contribution in [0.2, 0.25) is 0 Å². The SMILES string of the molecule is COc1cc(/C=C2/SC(=S)N(C3CCCCC3)C2=O)ccc1OC(=O)c1ccc(C)cc1. The number of aryl methyl sites for hydroxylation is 1. The van der Waals surface area contributed by atoms with Gasteiger partial charge >= 0.3 is 5.97 Å². The van der Waals surface area contributed by atoms with Crippen molar-refractivity contribution in [2.24, 2.45) is 0 Å². The zero-order valence-corrected chi connectivity index (χ0v) is 19.8. The third kappa shape index (κ3) is 4.89. The van der Waals surface area contributed by atoms with Crippen molar-refractivity contribution in [3.8, 4) is 11.5 Å². The van der Waals surface area contributed by atoms with E-state index in [2.05, 4.69) is 0 Å². The fourth-order valence-corrected chi connectivity index (χ4v) is 5.39. The number of carbonyl (C=O) groups is 2. The third-order valence-electron chi connectivity index (χ3n) is 5.74. The van der Waals surface area contributed by atoms with Gasteiger partial charge in [-0.3, -0.25) is 9.69 Å². The molecule has 5 nitrogen and oxygen atoms in total. The first kappa shape index (κ1) is 22.6. The molecule has 0 unspecified atom stereocenters. The quantitative estimate of drug-likeness (QED) is 0.241. The molecular weight excluding hydrogens is 442 g/mol. The van der Waals surface area contributed by atoms with Crippen LogP contribution in [0.15, 0.2) is 47.4 Å². The Bertz CT molecular complexity index is 1070. The smallest absolute Gasteiger partial charge is 0.343 e. The monoisotopic (exact) mass is 467 g/mol. The number of rotatable bonds is 5. The highest BCUT2D eigenvalue weighted by Gasteiger charge is 2.37. The summed E-state index contributed by atoms with van der Waals surface area (Å²) in [5.74, 6) is 0.261. The Balaban J connectivity index is 1.51. The fourth-order valence-electron chi connectivity index (χ4n) is 3.99. The van der Waals surface area contributed by atoms with Crippen LogP contribution in [0.1, 0.15) is 53.6 Å². The second-order valence-corrected chi connectivity index (χ2v) is 9.69. The Labute approximate surface area is 197 Å². The fraction of sp³-hybridized carbons (Fsp3) is 0.320. The molecule has 32 heavy (non-hydrogen) atoms. The summed E-state index contributed by atoms with van der Waals surface area (Å²) in [5, 5.41) is 0. The van der Waals surface area contributed by atoms with Gasteiger partial charge in [-0.25, -0.2) is 4.79 Å². The number of thioether (sulfide) groups is 1. The molecule has 2 aromatic rings. The van der Waals surface area contributed by atoms with E-state index < -0.39 is 5.97 Å². The summed E-state index contributed by atoms with van der Waals surface area (Å²) < 4.78 is 11.6. The highest BCUT2D eigenvalue weighted by molar-refractivity contribution is 8.26. The lowest BCUT2D eigenvalue weighted by molar-refractivity contribution is -0.124. The maximum Gasteiger partial charge on any atom is 0.343 e. The Morgan fingerprint density at radius 1 is 1.09 bits per heavy atom. The van der Waals surface area contributed by atoms with Gasteiger partial charge in [0.2, 0.25) is 0 Å². The summed E-state index contributed by atoms with van der Waals surface area (Å²) in [6.07, 6.45) is 7.34. The number of nitrogens with zero attached hydrogens (tertiary/aromatic N) is 1. The average molecular weight is 468 g/mol. The molecule has 0 radical (unpaired) electrons. The van der Waals surface area contributed by atoms with Crippen LogP contribution in [0.25, 0.3) is 6.08 Å². The van der Waals surface area contributed by atoms with E-state index in [1.165, 1.54) is 25.3 Å². The molecule has 7 heteroatoms. The summed E-state index contributed by atoms with van der Waals surface area (Å²) >= 11 is 6.85. The molecule has 1 saturated heterocycles. The Kier molecular flexibility index (Phi) is 6.96. The van der Waals surface area contributed by atoms with Crippen LogP contribution in [0.5, 0.6) is 11.5 Å². The van der Waals surface area contributed by atoms with Crippen LogP contribution >= 0.6 is 24.0 Å². The maximum absolute atomic E-state index is 13.0. The topological polar surface area (TPSA) is 55.8 Å². The second kappa shape index (κ2) is 9.88. The number of thiocarbonyl (C=S) groups is 1. The lowest BCUT2D eigenvalue weighted by atomic mass is 9.94. The standard InChI is InChI=1S/C25H25NO4S2/c1-16-8-11-18(12-9-16)24(28)30-20-13-10-17(14-21(20)29-2)15-22-23(27)26(25(31)32-22)19-6-4-3-5-7-19/h8-15,19H,3-7H2,1-2H3/b22-15+. The zero-order valence-electron chi connectivity index (χ0n) is 18.1. The first-order valence-electron chi connectivity index (χ1n) is 10.7. The number of carbonyl (C=O) groups excluding carboxylic acids is 2. The van der Waals surface area contributed by atoms with Crippen molar-refractivity contribution >= 4 is 46.3 Å². The lowest BCUT2D eigenvalue weighted by Crippen LogP contribution is -2.39. The minimum Gasteiger partial charge on any atom is -0.493 e. The summed E-state index contributed by atoms with van der Waals surface area (Å²) in [4.78, 5) is 27.9. The van der Waals surface area contributed by atoms with Crippen molar-refractivity contribution in [3.63, 3.8) is 0 Å². The van der Waals surface area contributed by atoms with E-state index >= 15 is 0 Å². The summed E-state index contributed by atoms with van der Waals surface area (Å²) in [7, 11) is 1.52. The van der Waals surface area contributed by atoms with Crippen molar-refractivity contribution in [2.75, 3.05) is 7.11 Å². The minimum atomic E-state index is -0.454. The lowest BCUT2D eigenvalue weighted by Gasteiger charge is -2.29. The van der Waals surface area contributed by atoms with Crippen LogP contribution < -0.4 is 9.47 Å². The Morgan fingerprint density at radius 3 is 2.50 bits per heavy atom. The molecule has 0 N–H and O–H groups in total. The number of ether oxygens (including phenoxy) is 2. The van der Waals surface area contributed by atoms with Crippen molar-refractivity contribution in [2.45, 2.75) is 45.1 Å². The van der Waals surface area contributed by atoms with Crippen LogP contribution in [-0.4, -0.2) is 34.2 Å². The van der Waals surface area contributed by atoms with Gasteiger partial charge in [-0.2, -0.15) is 0 Å². The first-order chi connectivity index (χ1) is 15.5. The molecule has 1 amide bonds. The van der Waals surface area contributed by atoms with E-state index in [-0.39, 0.29) is 11.9 Å². The average Bonchev–Trinajstić information content (AvgIpc) is 3.08. The molecule has 4 rings (SSSR count). The predicted octanol–water partition coefficient (Wildman–Crippen LogP) is 5.76. The molecule has 0 spiro atoms. The minimum absolute atomic E-state index is 0.0271. The van der Waals surface area contributed by atoms with Crippen molar-refractivity contribution in [3.05, 3.63) is 64.1 Å².